The SMILES string of the molecule is COC[C@]1(c2ccccc2N)CCN2C[C@@H]3CC[C@H](O)[C@H](C)[C@H]3C[C@H]21. The summed E-state index contributed by atoms with van der Waals surface area (Å²) in [7, 11) is 1.81. The van der Waals surface area contributed by atoms with Crippen molar-refractivity contribution in [1.29, 1.82) is 0 Å². The van der Waals surface area contributed by atoms with Gasteiger partial charge in [-0.25, -0.2) is 0 Å². The van der Waals surface area contributed by atoms with Crippen molar-refractivity contribution < 1.29 is 9.84 Å². The molecule has 138 valence electrons. The molecule has 2 heterocycles. The minimum absolute atomic E-state index is 0.0207. The van der Waals surface area contributed by atoms with E-state index in [-0.39, 0.29) is 11.5 Å². The molecule has 3 fully saturated rings. The fourth-order valence-corrected chi connectivity index (χ4v) is 6.15. The summed E-state index contributed by atoms with van der Waals surface area (Å²) in [4.78, 5) is 2.69. The Bertz CT molecular complexity index is 622. The van der Waals surface area contributed by atoms with E-state index in [2.05, 4.69) is 24.0 Å². The van der Waals surface area contributed by atoms with Gasteiger partial charge in [-0.3, -0.25) is 4.90 Å². The van der Waals surface area contributed by atoms with Crippen LogP contribution < -0.4 is 5.73 Å². The van der Waals surface area contributed by atoms with E-state index in [1.807, 2.05) is 19.2 Å². The molecule has 4 heteroatoms. The number of nitrogens with zero attached hydrogens (tertiary/aromatic N) is 1. The van der Waals surface area contributed by atoms with Gasteiger partial charge in [0.2, 0.25) is 0 Å². The number of hydrogen-bond acceptors (Lipinski definition) is 4. The zero-order valence-electron chi connectivity index (χ0n) is 15.5. The number of aliphatic hydroxyl groups is 1. The number of rotatable bonds is 3. The number of piperidine rings is 1. The maximum absolute atomic E-state index is 10.4. The molecule has 1 aliphatic carbocycles. The first-order chi connectivity index (χ1) is 12.1. The van der Waals surface area contributed by atoms with Gasteiger partial charge in [0.15, 0.2) is 0 Å². The number of hydrogen-bond donors (Lipinski definition) is 2. The molecule has 2 saturated heterocycles. The van der Waals surface area contributed by atoms with Crippen molar-refractivity contribution in [2.75, 3.05) is 32.5 Å². The minimum Gasteiger partial charge on any atom is -0.398 e. The third kappa shape index (κ3) is 2.70. The van der Waals surface area contributed by atoms with E-state index in [1.165, 1.54) is 18.5 Å². The van der Waals surface area contributed by atoms with E-state index in [0.29, 0.717) is 17.9 Å². The zero-order chi connectivity index (χ0) is 17.6. The number of fused-ring (bicyclic) bond motifs is 2. The van der Waals surface area contributed by atoms with Gasteiger partial charge in [-0.15, -0.1) is 0 Å². The van der Waals surface area contributed by atoms with Crippen LogP contribution in [0.25, 0.3) is 0 Å². The highest BCUT2D eigenvalue weighted by atomic mass is 16.5. The van der Waals surface area contributed by atoms with E-state index < -0.39 is 0 Å². The van der Waals surface area contributed by atoms with Gasteiger partial charge < -0.3 is 15.6 Å². The average Bonchev–Trinajstić information content (AvgIpc) is 2.96. The van der Waals surface area contributed by atoms with Gasteiger partial charge in [-0.05, 0) is 61.6 Å². The van der Waals surface area contributed by atoms with Crippen molar-refractivity contribution in [3.63, 3.8) is 0 Å². The molecule has 3 N–H and O–H groups in total. The number of nitrogen functional groups attached to an aromatic ring is 1. The lowest BCUT2D eigenvalue weighted by molar-refractivity contribution is -0.0489. The summed E-state index contributed by atoms with van der Waals surface area (Å²) in [6.45, 7) is 5.27. The smallest absolute Gasteiger partial charge is 0.0575 e. The topological polar surface area (TPSA) is 58.7 Å². The average molecular weight is 344 g/mol. The van der Waals surface area contributed by atoms with E-state index in [1.54, 1.807) is 0 Å². The second-order valence-electron chi connectivity index (χ2n) is 8.60. The van der Waals surface area contributed by atoms with Crippen molar-refractivity contribution in [3.8, 4) is 0 Å². The lowest BCUT2D eigenvalue weighted by atomic mass is 9.62. The molecule has 0 bridgehead atoms. The van der Waals surface area contributed by atoms with Crippen LogP contribution in [0.3, 0.4) is 0 Å². The summed E-state index contributed by atoms with van der Waals surface area (Å²) in [6.07, 6.45) is 4.27. The number of benzene rings is 1. The maximum atomic E-state index is 10.4. The molecular formula is C21H32N2O2. The van der Waals surface area contributed by atoms with Crippen LogP contribution in [-0.2, 0) is 10.2 Å². The van der Waals surface area contributed by atoms with Crippen LogP contribution in [-0.4, -0.2) is 49.0 Å². The molecule has 0 radical (unpaired) electrons. The molecule has 0 unspecified atom stereocenters. The summed E-state index contributed by atoms with van der Waals surface area (Å²) in [6, 6.07) is 8.80. The molecule has 3 aliphatic rings. The molecule has 1 aromatic rings. The van der Waals surface area contributed by atoms with Crippen LogP contribution in [0.15, 0.2) is 24.3 Å². The number of ether oxygens (including phenoxy) is 1. The molecule has 4 rings (SSSR count). The number of anilines is 1. The zero-order valence-corrected chi connectivity index (χ0v) is 15.5. The lowest BCUT2D eigenvalue weighted by Gasteiger charge is -2.51. The molecule has 0 amide bonds. The summed E-state index contributed by atoms with van der Waals surface area (Å²) in [5.74, 6) is 1.75. The first-order valence-corrected chi connectivity index (χ1v) is 9.83. The maximum Gasteiger partial charge on any atom is 0.0575 e. The summed E-state index contributed by atoms with van der Waals surface area (Å²) in [5.41, 5.74) is 8.53. The van der Waals surface area contributed by atoms with Crippen molar-refractivity contribution >= 4 is 5.69 Å². The van der Waals surface area contributed by atoms with E-state index >= 15 is 0 Å². The van der Waals surface area contributed by atoms with Crippen LogP contribution in [0.4, 0.5) is 5.69 Å². The van der Waals surface area contributed by atoms with Gasteiger partial charge in [0.1, 0.15) is 0 Å². The van der Waals surface area contributed by atoms with Crippen molar-refractivity contribution in [3.05, 3.63) is 29.8 Å². The standard InChI is InChI=1S/C21H32N2O2/c1-14-16-11-20-21(13-25-2,17-5-3-4-6-18(17)22)9-10-23(20)12-15(16)7-8-19(14)24/h3-6,14-16,19-20,24H,7-13,22H2,1-2H3/t14-,15+,16-,19+,20+,21+/m1/s1. The van der Waals surface area contributed by atoms with E-state index in [0.717, 1.165) is 44.0 Å². The number of aliphatic hydroxyl groups excluding tert-OH is 1. The Balaban J connectivity index is 1.69. The molecule has 6 atom stereocenters. The van der Waals surface area contributed by atoms with E-state index in [9.17, 15) is 5.11 Å². The molecule has 2 aliphatic heterocycles. The van der Waals surface area contributed by atoms with Crippen LogP contribution in [0, 0.1) is 17.8 Å². The van der Waals surface area contributed by atoms with Crippen LogP contribution in [0.2, 0.25) is 0 Å². The van der Waals surface area contributed by atoms with Crippen molar-refractivity contribution in [2.24, 2.45) is 17.8 Å². The molecule has 0 spiro atoms. The van der Waals surface area contributed by atoms with Gasteiger partial charge in [0.05, 0.1) is 12.7 Å². The van der Waals surface area contributed by atoms with Gasteiger partial charge in [0, 0.05) is 30.8 Å². The van der Waals surface area contributed by atoms with Gasteiger partial charge >= 0.3 is 0 Å². The first kappa shape index (κ1) is 17.3. The van der Waals surface area contributed by atoms with Crippen LogP contribution in [0.5, 0.6) is 0 Å². The number of methoxy groups -OCH3 is 1. The monoisotopic (exact) mass is 344 g/mol. The third-order valence-corrected chi connectivity index (χ3v) is 7.51. The second kappa shape index (κ2) is 6.57. The predicted molar refractivity (Wildman–Crippen MR) is 100 cm³/mol. The molecule has 25 heavy (non-hydrogen) atoms. The van der Waals surface area contributed by atoms with Crippen molar-refractivity contribution in [2.45, 2.75) is 50.2 Å². The highest BCUT2D eigenvalue weighted by Gasteiger charge is 2.54. The van der Waals surface area contributed by atoms with Crippen LogP contribution in [0.1, 0.15) is 38.2 Å². The first-order valence-electron chi connectivity index (χ1n) is 9.83. The Kier molecular flexibility index (Phi) is 4.55. The van der Waals surface area contributed by atoms with Crippen LogP contribution >= 0.6 is 0 Å². The fourth-order valence-electron chi connectivity index (χ4n) is 6.15. The third-order valence-electron chi connectivity index (χ3n) is 7.51. The fraction of sp³-hybridized carbons (Fsp3) is 0.714. The Morgan fingerprint density at radius 2 is 2.12 bits per heavy atom. The highest BCUT2D eigenvalue weighted by molar-refractivity contribution is 5.52. The quantitative estimate of drug-likeness (QED) is 0.828. The molecule has 4 nitrogen and oxygen atoms in total. The highest BCUT2D eigenvalue weighted by Crippen LogP contribution is 2.51. The predicted octanol–water partition coefficient (Wildman–Crippen LogP) is 2.65. The number of para-hydroxylation sites is 1. The second-order valence-corrected chi connectivity index (χ2v) is 8.60. The number of nitrogens with two attached hydrogens (primary N) is 1. The van der Waals surface area contributed by atoms with Gasteiger partial charge in [-0.1, -0.05) is 25.1 Å². The Morgan fingerprint density at radius 1 is 1.32 bits per heavy atom. The molecule has 0 aromatic heterocycles. The molecule has 1 saturated carbocycles. The summed E-state index contributed by atoms with van der Waals surface area (Å²) in [5, 5.41) is 10.4. The molecular weight excluding hydrogens is 312 g/mol. The minimum atomic E-state index is -0.132. The molecule has 1 aromatic carbocycles. The lowest BCUT2D eigenvalue weighted by Crippen LogP contribution is -2.55. The summed E-state index contributed by atoms with van der Waals surface area (Å²) >= 11 is 0. The normalized spacial score (nSPS) is 41.3. The Hall–Kier alpha value is -1.10. The van der Waals surface area contributed by atoms with Gasteiger partial charge in [-0.2, -0.15) is 0 Å². The Labute approximate surface area is 151 Å². The summed E-state index contributed by atoms with van der Waals surface area (Å²) < 4.78 is 5.74. The van der Waals surface area contributed by atoms with E-state index in [4.69, 9.17) is 10.5 Å². The Morgan fingerprint density at radius 3 is 2.88 bits per heavy atom. The largest absolute Gasteiger partial charge is 0.398 e. The van der Waals surface area contributed by atoms with Gasteiger partial charge in [0.25, 0.3) is 0 Å². The van der Waals surface area contributed by atoms with Crippen molar-refractivity contribution in [1.82, 2.24) is 4.90 Å².